The van der Waals surface area contributed by atoms with Gasteiger partial charge < -0.3 is 10.2 Å². The molecule has 1 aliphatic carbocycles. The number of amides is 1. The van der Waals surface area contributed by atoms with Crippen LogP contribution in [0.15, 0.2) is 0 Å². The Morgan fingerprint density at radius 3 is 2.87 bits per heavy atom. The van der Waals surface area contributed by atoms with Crippen LogP contribution in [0, 0.1) is 5.92 Å². The van der Waals surface area contributed by atoms with E-state index in [0.717, 1.165) is 18.9 Å². The van der Waals surface area contributed by atoms with Gasteiger partial charge in [0.25, 0.3) is 0 Å². The Labute approximate surface area is 92.2 Å². The number of nitrogens with one attached hydrogen (secondary N) is 1. The van der Waals surface area contributed by atoms with Crippen molar-refractivity contribution in [1.29, 1.82) is 0 Å². The molecule has 3 atom stereocenters. The molecule has 1 N–H and O–H groups in total. The molecule has 1 saturated heterocycles. The van der Waals surface area contributed by atoms with Gasteiger partial charge in [-0.3, -0.25) is 4.79 Å². The number of hydrogen-bond acceptors (Lipinski definition) is 2. The van der Waals surface area contributed by atoms with E-state index in [1.807, 2.05) is 0 Å². The lowest BCUT2D eigenvalue weighted by Crippen LogP contribution is -2.44. The van der Waals surface area contributed by atoms with Crippen LogP contribution < -0.4 is 5.32 Å². The Morgan fingerprint density at radius 2 is 2.33 bits per heavy atom. The molecular weight excluding hydrogens is 188 g/mol. The molecule has 1 saturated carbocycles. The molecule has 0 aromatic carbocycles. The smallest absolute Gasteiger partial charge is 0.236 e. The van der Waals surface area contributed by atoms with Gasteiger partial charge in [0.15, 0.2) is 0 Å². The van der Waals surface area contributed by atoms with Gasteiger partial charge in [0.2, 0.25) is 5.91 Å². The van der Waals surface area contributed by atoms with Gasteiger partial charge in [0, 0.05) is 18.6 Å². The molecule has 2 aliphatic rings. The fourth-order valence-electron chi connectivity index (χ4n) is 2.74. The van der Waals surface area contributed by atoms with E-state index < -0.39 is 0 Å². The summed E-state index contributed by atoms with van der Waals surface area (Å²) in [5, 5.41) is 3.28. The summed E-state index contributed by atoms with van der Waals surface area (Å²) in [4.78, 5) is 14.0. The monoisotopic (exact) mass is 210 g/mol. The highest BCUT2D eigenvalue weighted by molar-refractivity contribution is 5.79. The molecule has 3 unspecified atom stereocenters. The molecule has 2 bridgehead atoms. The third-order valence-corrected chi connectivity index (χ3v) is 3.94. The standard InChI is InChI=1S/C12H22N2O/c1-3-9(2)13-7-12(15)14-8-10-4-5-11(14)6-10/h9-11,13H,3-8H2,1-2H3. The molecule has 86 valence electrons. The lowest BCUT2D eigenvalue weighted by molar-refractivity contribution is -0.131. The zero-order chi connectivity index (χ0) is 10.8. The van der Waals surface area contributed by atoms with E-state index in [4.69, 9.17) is 0 Å². The SMILES string of the molecule is CCC(C)NCC(=O)N1CC2CCC1C2. The molecule has 15 heavy (non-hydrogen) atoms. The molecule has 3 nitrogen and oxygen atoms in total. The van der Waals surface area contributed by atoms with E-state index in [1.165, 1.54) is 19.3 Å². The number of piperidine rings is 1. The lowest BCUT2D eigenvalue weighted by Gasteiger charge is -2.27. The van der Waals surface area contributed by atoms with Crippen LogP contribution in [0.2, 0.25) is 0 Å². The molecule has 0 aromatic heterocycles. The topological polar surface area (TPSA) is 32.3 Å². The Bertz CT molecular complexity index is 242. The van der Waals surface area contributed by atoms with Crippen LogP contribution in [0.4, 0.5) is 0 Å². The lowest BCUT2D eigenvalue weighted by atomic mass is 10.1. The second-order valence-corrected chi connectivity index (χ2v) is 5.07. The molecule has 0 aromatic rings. The summed E-state index contributed by atoms with van der Waals surface area (Å²) < 4.78 is 0. The van der Waals surface area contributed by atoms with Crippen molar-refractivity contribution in [1.82, 2.24) is 10.2 Å². The highest BCUT2D eigenvalue weighted by Gasteiger charge is 2.39. The number of fused-ring (bicyclic) bond motifs is 2. The van der Waals surface area contributed by atoms with Crippen LogP contribution in [0.3, 0.4) is 0 Å². The Balaban J connectivity index is 1.77. The largest absolute Gasteiger partial charge is 0.338 e. The zero-order valence-electron chi connectivity index (χ0n) is 9.83. The van der Waals surface area contributed by atoms with E-state index in [-0.39, 0.29) is 0 Å². The van der Waals surface area contributed by atoms with Crippen LogP contribution in [0.25, 0.3) is 0 Å². The van der Waals surface area contributed by atoms with Crippen molar-refractivity contribution >= 4 is 5.91 Å². The molecule has 1 aliphatic heterocycles. The third-order valence-electron chi connectivity index (χ3n) is 3.94. The van der Waals surface area contributed by atoms with Crippen LogP contribution in [-0.2, 0) is 4.79 Å². The van der Waals surface area contributed by atoms with Crippen LogP contribution >= 0.6 is 0 Å². The van der Waals surface area contributed by atoms with Crippen LogP contribution in [-0.4, -0.2) is 36.0 Å². The minimum absolute atomic E-state index is 0.308. The van der Waals surface area contributed by atoms with Crippen molar-refractivity contribution in [2.45, 2.75) is 51.6 Å². The summed E-state index contributed by atoms with van der Waals surface area (Å²) >= 11 is 0. The second kappa shape index (κ2) is 4.52. The minimum Gasteiger partial charge on any atom is -0.338 e. The molecule has 0 spiro atoms. The Kier molecular flexibility index (Phi) is 3.29. The maximum Gasteiger partial charge on any atom is 0.236 e. The van der Waals surface area contributed by atoms with Gasteiger partial charge in [-0.05, 0) is 38.5 Å². The van der Waals surface area contributed by atoms with Crippen molar-refractivity contribution in [3.05, 3.63) is 0 Å². The molecule has 2 rings (SSSR count). The van der Waals surface area contributed by atoms with Gasteiger partial charge >= 0.3 is 0 Å². The van der Waals surface area contributed by atoms with Crippen molar-refractivity contribution in [3.8, 4) is 0 Å². The normalized spacial score (nSPS) is 30.9. The van der Waals surface area contributed by atoms with E-state index in [0.29, 0.717) is 24.5 Å². The molecule has 3 heteroatoms. The van der Waals surface area contributed by atoms with E-state index >= 15 is 0 Å². The number of nitrogens with zero attached hydrogens (tertiary/aromatic N) is 1. The maximum atomic E-state index is 11.9. The average molecular weight is 210 g/mol. The summed E-state index contributed by atoms with van der Waals surface area (Å²) in [6.07, 6.45) is 4.92. The highest BCUT2D eigenvalue weighted by Crippen LogP contribution is 2.37. The minimum atomic E-state index is 0.308. The van der Waals surface area contributed by atoms with Crippen molar-refractivity contribution in [2.24, 2.45) is 5.92 Å². The molecule has 0 radical (unpaired) electrons. The van der Waals surface area contributed by atoms with Gasteiger partial charge in [-0.1, -0.05) is 6.92 Å². The Morgan fingerprint density at radius 1 is 1.53 bits per heavy atom. The number of likely N-dealkylation sites (tertiary alicyclic amines) is 1. The first-order valence-electron chi connectivity index (χ1n) is 6.23. The highest BCUT2D eigenvalue weighted by atomic mass is 16.2. The fraction of sp³-hybridized carbons (Fsp3) is 0.917. The summed E-state index contributed by atoms with van der Waals surface area (Å²) in [5.74, 6) is 1.12. The average Bonchev–Trinajstić information content (AvgIpc) is 2.86. The summed E-state index contributed by atoms with van der Waals surface area (Å²) in [7, 11) is 0. The molecular formula is C12H22N2O. The van der Waals surface area contributed by atoms with Gasteiger partial charge in [-0.15, -0.1) is 0 Å². The third kappa shape index (κ3) is 2.33. The van der Waals surface area contributed by atoms with Crippen molar-refractivity contribution in [3.63, 3.8) is 0 Å². The predicted molar refractivity (Wildman–Crippen MR) is 60.6 cm³/mol. The quantitative estimate of drug-likeness (QED) is 0.760. The molecule has 2 fully saturated rings. The van der Waals surface area contributed by atoms with Gasteiger partial charge in [0.1, 0.15) is 0 Å². The summed E-state index contributed by atoms with van der Waals surface area (Å²) in [6.45, 7) is 5.81. The van der Waals surface area contributed by atoms with E-state index in [1.54, 1.807) is 0 Å². The fourth-order valence-corrected chi connectivity index (χ4v) is 2.74. The van der Waals surface area contributed by atoms with Crippen LogP contribution in [0.1, 0.15) is 39.5 Å². The number of hydrogen-bond donors (Lipinski definition) is 1. The molecule has 1 amide bonds. The predicted octanol–water partition coefficient (Wildman–Crippen LogP) is 1.39. The van der Waals surface area contributed by atoms with Gasteiger partial charge in [0.05, 0.1) is 6.54 Å². The summed E-state index contributed by atoms with van der Waals surface area (Å²) in [6, 6.07) is 1.02. The zero-order valence-corrected chi connectivity index (χ0v) is 9.83. The van der Waals surface area contributed by atoms with Crippen molar-refractivity contribution in [2.75, 3.05) is 13.1 Å². The van der Waals surface area contributed by atoms with Crippen molar-refractivity contribution < 1.29 is 4.79 Å². The molecule has 1 heterocycles. The van der Waals surface area contributed by atoms with Gasteiger partial charge in [-0.2, -0.15) is 0 Å². The summed E-state index contributed by atoms with van der Waals surface area (Å²) in [5.41, 5.74) is 0. The first kappa shape index (κ1) is 10.9. The van der Waals surface area contributed by atoms with Gasteiger partial charge in [-0.25, -0.2) is 0 Å². The number of carbonyl (C=O) groups is 1. The number of carbonyl (C=O) groups excluding carboxylic acids is 1. The number of rotatable bonds is 4. The Hall–Kier alpha value is -0.570. The first-order valence-corrected chi connectivity index (χ1v) is 6.23. The second-order valence-electron chi connectivity index (χ2n) is 5.07. The van der Waals surface area contributed by atoms with Crippen LogP contribution in [0.5, 0.6) is 0 Å². The maximum absolute atomic E-state index is 11.9. The van der Waals surface area contributed by atoms with E-state index in [9.17, 15) is 4.79 Å². The van der Waals surface area contributed by atoms with E-state index in [2.05, 4.69) is 24.1 Å². The first-order chi connectivity index (χ1) is 7.20.